The standard InChI is InChI=1S/C19H30N2O2/c1-2-23-15-18(22)14-20-10-7-16(8-11-20)13-21-12-9-17-5-3-4-6-19(17)21/h3-6,16,18,22H,2,7-15H2,1H3/t18-/m1/s1. The van der Waals surface area contributed by atoms with Gasteiger partial charge in [-0.1, -0.05) is 18.2 Å². The summed E-state index contributed by atoms with van der Waals surface area (Å²) >= 11 is 0. The van der Waals surface area contributed by atoms with Crippen LogP contribution in [-0.2, 0) is 11.2 Å². The summed E-state index contributed by atoms with van der Waals surface area (Å²) in [7, 11) is 0. The van der Waals surface area contributed by atoms with E-state index >= 15 is 0 Å². The van der Waals surface area contributed by atoms with E-state index in [-0.39, 0.29) is 6.10 Å². The minimum Gasteiger partial charge on any atom is -0.389 e. The molecule has 2 aliphatic rings. The number of anilines is 1. The van der Waals surface area contributed by atoms with E-state index in [1.807, 2.05) is 6.92 Å². The van der Waals surface area contributed by atoms with Gasteiger partial charge in [0.05, 0.1) is 12.7 Å². The molecular weight excluding hydrogens is 288 g/mol. The van der Waals surface area contributed by atoms with Crippen molar-refractivity contribution in [1.29, 1.82) is 0 Å². The van der Waals surface area contributed by atoms with Crippen LogP contribution in [0.25, 0.3) is 0 Å². The van der Waals surface area contributed by atoms with Crippen molar-refractivity contribution in [3.63, 3.8) is 0 Å². The highest BCUT2D eigenvalue weighted by molar-refractivity contribution is 5.57. The predicted molar refractivity (Wildman–Crippen MR) is 94.0 cm³/mol. The fourth-order valence-corrected chi connectivity index (χ4v) is 3.86. The fourth-order valence-electron chi connectivity index (χ4n) is 3.86. The lowest BCUT2D eigenvalue weighted by atomic mass is 9.96. The third-order valence-corrected chi connectivity index (χ3v) is 5.15. The molecule has 1 fully saturated rings. The molecular formula is C19H30N2O2. The molecule has 3 rings (SSSR count). The van der Waals surface area contributed by atoms with Crippen LogP contribution >= 0.6 is 0 Å². The van der Waals surface area contributed by atoms with Gasteiger partial charge in [0, 0.05) is 31.9 Å². The zero-order chi connectivity index (χ0) is 16.1. The number of para-hydroxylation sites is 1. The maximum Gasteiger partial charge on any atom is 0.0900 e. The SMILES string of the molecule is CCOC[C@H](O)CN1CCC(CN2CCc3ccccc32)CC1. The highest BCUT2D eigenvalue weighted by Crippen LogP contribution is 2.30. The summed E-state index contributed by atoms with van der Waals surface area (Å²) in [5, 5.41) is 9.96. The molecule has 2 aliphatic heterocycles. The highest BCUT2D eigenvalue weighted by Gasteiger charge is 2.25. The van der Waals surface area contributed by atoms with Gasteiger partial charge in [-0.15, -0.1) is 0 Å². The Balaban J connectivity index is 1.42. The summed E-state index contributed by atoms with van der Waals surface area (Å²) in [6.45, 7) is 8.41. The number of benzene rings is 1. The maximum absolute atomic E-state index is 9.96. The number of nitrogens with zero attached hydrogens (tertiary/aromatic N) is 2. The van der Waals surface area contributed by atoms with E-state index in [1.165, 1.54) is 43.6 Å². The number of rotatable bonds is 7. The van der Waals surface area contributed by atoms with Gasteiger partial charge in [-0.3, -0.25) is 0 Å². The second-order valence-corrected chi connectivity index (χ2v) is 6.88. The van der Waals surface area contributed by atoms with E-state index < -0.39 is 0 Å². The maximum atomic E-state index is 9.96. The van der Waals surface area contributed by atoms with Crippen LogP contribution in [0.1, 0.15) is 25.3 Å². The van der Waals surface area contributed by atoms with Crippen LogP contribution in [0.2, 0.25) is 0 Å². The van der Waals surface area contributed by atoms with Crippen molar-refractivity contribution >= 4 is 5.69 Å². The number of aliphatic hydroxyl groups excluding tert-OH is 1. The van der Waals surface area contributed by atoms with Crippen LogP contribution in [0.5, 0.6) is 0 Å². The van der Waals surface area contributed by atoms with Gasteiger partial charge in [0.25, 0.3) is 0 Å². The highest BCUT2D eigenvalue weighted by atomic mass is 16.5. The quantitative estimate of drug-likeness (QED) is 0.836. The van der Waals surface area contributed by atoms with Gasteiger partial charge in [0.15, 0.2) is 0 Å². The molecule has 2 heterocycles. The smallest absolute Gasteiger partial charge is 0.0900 e. The van der Waals surface area contributed by atoms with Crippen LogP contribution < -0.4 is 4.90 Å². The van der Waals surface area contributed by atoms with E-state index in [0.717, 1.165) is 25.6 Å². The Morgan fingerprint density at radius 2 is 2.00 bits per heavy atom. The molecule has 128 valence electrons. The largest absolute Gasteiger partial charge is 0.389 e. The molecule has 4 nitrogen and oxygen atoms in total. The lowest BCUT2D eigenvalue weighted by Crippen LogP contribution is -2.42. The Morgan fingerprint density at radius 3 is 2.78 bits per heavy atom. The molecule has 4 heteroatoms. The first-order chi connectivity index (χ1) is 11.3. The average molecular weight is 318 g/mol. The fraction of sp³-hybridized carbons (Fsp3) is 0.684. The number of aliphatic hydroxyl groups is 1. The summed E-state index contributed by atoms with van der Waals surface area (Å²) in [4.78, 5) is 4.96. The van der Waals surface area contributed by atoms with E-state index in [1.54, 1.807) is 0 Å². The van der Waals surface area contributed by atoms with Crippen molar-refractivity contribution in [2.75, 3.05) is 50.8 Å². The summed E-state index contributed by atoms with van der Waals surface area (Å²) in [6, 6.07) is 8.83. The average Bonchev–Trinajstić information content (AvgIpc) is 2.98. The van der Waals surface area contributed by atoms with E-state index in [0.29, 0.717) is 13.2 Å². The molecule has 0 unspecified atom stereocenters. The Bertz CT molecular complexity index is 486. The summed E-state index contributed by atoms with van der Waals surface area (Å²) in [6.07, 6.45) is 3.32. The summed E-state index contributed by atoms with van der Waals surface area (Å²) in [5.41, 5.74) is 2.95. The monoisotopic (exact) mass is 318 g/mol. The first-order valence-electron chi connectivity index (χ1n) is 9.07. The molecule has 1 atom stereocenters. The molecule has 0 saturated carbocycles. The molecule has 0 aliphatic carbocycles. The molecule has 0 bridgehead atoms. The zero-order valence-corrected chi connectivity index (χ0v) is 14.3. The number of piperidine rings is 1. The van der Waals surface area contributed by atoms with Crippen molar-refractivity contribution in [2.45, 2.75) is 32.3 Å². The zero-order valence-electron chi connectivity index (χ0n) is 14.3. The van der Waals surface area contributed by atoms with Crippen molar-refractivity contribution in [3.8, 4) is 0 Å². The van der Waals surface area contributed by atoms with Crippen molar-refractivity contribution in [3.05, 3.63) is 29.8 Å². The van der Waals surface area contributed by atoms with Crippen molar-refractivity contribution < 1.29 is 9.84 Å². The summed E-state index contributed by atoms with van der Waals surface area (Å²) < 4.78 is 5.30. The molecule has 0 aromatic heterocycles. The topological polar surface area (TPSA) is 35.9 Å². The van der Waals surface area contributed by atoms with Gasteiger partial charge in [-0.05, 0) is 56.8 Å². The van der Waals surface area contributed by atoms with E-state index in [4.69, 9.17) is 4.74 Å². The van der Waals surface area contributed by atoms with Crippen LogP contribution in [-0.4, -0.2) is 62.0 Å². The van der Waals surface area contributed by atoms with Crippen LogP contribution in [0.3, 0.4) is 0 Å². The second-order valence-electron chi connectivity index (χ2n) is 6.88. The van der Waals surface area contributed by atoms with Crippen LogP contribution in [0.4, 0.5) is 5.69 Å². The number of β-amino-alcohol motifs (C(OH)–C–C–N with tert-alkyl or cyclic N) is 1. The number of likely N-dealkylation sites (tertiary alicyclic amines) is 1. The Morgan fingerprint density at radius 1 is 1.22 bits per heavy atom. The van der Waals surface area contributed by atoms with E-state index in [9.17, 15) is 5.11 Å². The first kappa shape index (κ1) is 16.7. The van der Waals surface area contributed by atoms with E-state index in [2.05, 4.69) is 34.1 Å². The molecule has 0 radical (unpaired) electrons. The first-order valence-corrected chi connectivity index (χ1v) is 9.07. The molecule has 1 aromatic carbocycles. The van der Waals surface area contributed by atoms with Crippen LogP contribution in [0, 0.1) is 5.92 Å². The minimum absolute atomic E-state index is 0.350. The van der Waals surface area contributed by atoms with Crippen molar-refractivity contribution in [1.82, 2.24) is 4.90 Å². The van der Waals surface area contributed by atoms with Gasteiger partial charge in [-0.25, -0.2) is 0 Å². The lowest BCUT2D eigenvalue weighted by molar-refractivity contribution is 0.0149. The molecule has 1 saturated heterocycles. The van der Waals surface area contributed by atoms with Gasteiger partial charge in [-0.2, -0.15) is 0 Å². The molecule has 0 amide bonds. The number of hydrogen-bond acceptors (Lipinski definition) is 4. The Kier molecular flexibility index (Phi) is 5.92. The predicted octanol–water partition coefficient (Wildman–Crippen LogP) is 2.16. The normalized spacial score (nSPS) is 20.7. The molecule has 1 aromatic rings. The Hall–Kier alpha value is -1.10. The van der Waals surface area contributed by atoms with Crippen LogP contribution in [0.15, 0.2) is 24.3 Å². The number of fused-ring (bicyclic) bond motifs is 1. The number of ether oxygens (including phenoxy) is 1. The van der Waals surface area contributed by atoms with Gasteiger partial charge >= 0.3 is 0 Å². The second kappa shape index (κ2) is 8.13. The van der Waals surface area contributed by atoms with Crippen molar-refractivity contribution in [2.24, 2.45) is 5.92 Å². The molecule has 1 N–H and O–H groups in total. The third kappa shape index (κ3) is 4.46. The number of hydrogen-bond donors (Lipinski definition) is 1. The Labute approximate surface area is 140 Å². The van der Waals surface area contributed by atoms with Gasteiger partial charge in [0.2, 0.25) is 0 Å². The molecule has 23 heavy (non-hydrogen) atoms. The lowest BCUT2D eigenvalue weighted by Gasteiger charge is -2.35. The molecule has 0 spiro atoms. The summed E-state index contributed by atoms with van der Waals surface area (Å²) in [5.74, 6) is 0.779. The third-order valence-electron chi connectivity index (χ3n) is 5.15. The van der Waals surface area contributed by atoms with Gasteiger partial charge in [0.1, 0.15) is 0 Å². The van der Waals surface area contributed by atoms with Gasteiger partial charge < -0.3 is 19.6 Å². The minimum atomic E-state index is -0.350.